The molecule has 1 aromatic heterocycles. The highest BCUT2D eigenvalue weighted by Gasteiger charge is 2.20. The smallest absolute Gasteiger partial charge is 0.225 e. The summed E-state index contributed by atoms with van der Waals surface area (Å²) in [5.41, 5.74) is 2.26. The van der Waals surface area contributed by atoms with Gasteiger partial charge in [-0.15, -0.1) is 0 Å². The van der Waals surface area contributed by atoms with Gasteiger partial charge < -0.3 is 15.0 Å². The Morgan fingerprint density at radius 1 is 1.47 bits per heavy atom. The van der Waals surface area contributed by atoms with E-state index < -0.39 is 0 Å². The van der Waals surface area contributed by atoms with E-state index in [4.69, 9.17) is 4.74 Å². The maximum Gasteiger partial charge on any atom is 0.225 e. The molecule has 1 fully saturated rings. The minimum absolute atomic E-state index is 0.696. The molecular formula is C14H24N4O. The molecule has 0 aliphatic heterocycles. The largest absolute Gasteiger partial charge is 0.383 e. The zero-order valence-electron chi connectivity index (χ0n) is 12.1. The van der Waals surface area contributed by atoms with Gasteiger partial charge in [0.25, 0.3) is 0 Å². The predicted molar refractivity (Wildman–Crippen MR) is 76.4 cm³/mol. The topological polar surface area (TPSA) is 50.3 Å². The summed E-state index contributed by atoms with van der Waals surface area (Å²) >= 11 is 0. The fraction of sp³-hybridized carbons (Fsp3) is 0.714. The van der Waals surface area contributed by atoms with E-state index in [2.05, 4.69) is 34.0 Å². The number of nitrogens with zero attached hydrogens (tertiary/aromatic N) is 3. The van der Waals surface area contributed by atoms with E-state index in [1.807, 2.05) is 6.20 Å². The van der Waals surface area contributed by atoms with Crippen LogP contribution in [-0.4, -0.2) is 42.8 Å². The monoisotopic (exact) mass is 264 g/mol. The van der Waals surface area contributed by atoms with Gasteiger partial charge in [0.2, 0.25) is 5.95 Å². The zero-order chi connectivity index (χ0) is 13.7. The number of aryl methyl sites for hydroxylation is 1. The Bertz CT molecular complexity index is 406. The Morgan fingerprint density at radius 2 is 2.26 bits per heavy atom. The summed E-state index contributed by atoms with van der Waals surface area (Å²) < 4.78 is 5.11. The number of aromatic nitrogens is 2. The molecule has 0 aromatic carbocycles. The molecule has 0 bridgehead atoms. The fourth-order valence-electron chi connectivity index (χ4n) is 1.95. The number of hydrogen-bond donors (Lipinski definition) is 1. The van der Waals surface area contributed by atoms with Gasteiger partial charge in [-0.1, -0.05) is 0 Å². The normalized spacial score (nSPS) is 14.7. The van der Waals surface area contributed by atoms with Crippen LogP contribution in [0, 0.1) is 6.92 Å². The van der Waals surface area contributed by atoms with Crippen molar-refractivity contribution in [2.75, 3.05) is 31.7 Å². The second-order valence-corrected chi connectivity index (χ2v) is 5.01. The molecule has 1 N–H and O–H groups in total. The molecular weight excluding hydrogens is 240 g/mol. The molecule has 5 heteroatoms. The van der Waals surface area contributed by atoms with Crippen molar-refractivity contribution in [2.45, 2.75) is 39.3 Å². The lowest BCUT2D eigenvalue weighted by Crippen LogP contribution is -2.29. The first-order valence-corrected chi connectivity index (χ1v) is 7.04. The zero-order valence-corrected chi connectivity index (χ0v) is 12.1. The van der Waals surface area contributed by atoms with E-state index in [9.17, 15) is 0 Å². The van der Waals surface area contributed by atoms with E-state index in [-0.39, 0.29) is 0 Å². The molecule has 0 saturated heterocycles. The van der Waals surface area contributed by atoms with Crippen LogP contribution in [0.4, 0.5) is 5.95 Å². The van der Waals surface area contributed by atoms with E-state index >= 15 is 0 Å². The summed E-state index contributed by atoms with van der Waals surface area (Å²) in [5.74, 6) is 0.798. The lowest BCUT2D eigenvalue weighted by Gasteiger charge is -2.21. The van der Waals surface area contributed by atoms with E-state index in [1.54, 1.807) is 7.11 Å². The van der Waals surface area contributed by atoms with Gasteiger partial charge in [-0.05, 0) is 26.7 Å². The number of methoxy groups -OCH3 is 1. The fourth-order valence-corrected chi connectivity index (χ4v) is 1.95. The molecule has 0 radical (unpaired) electrons. The van der Waals surface area contributed by atoms with Crippen LogP contribution in [0.1, 0.15) is 31.0 Å². The Morgan fingerprint density at radius 3 is 2.84 bits per heavy atom. The maximum absolute atomic E-state index is 5.11. The first kappa shape index (κ1) is 14.2. The molecule has 19 heavy (non-hydrogen) atoms. The molecule has 0 amide bonds. The van der Waals surface area contributed by atoms with Crippen LogP contribution in [0.2, 0.25) is 0 Å². The molecule has 106 valence electrons. The van der Waals surface area contributed by atoms with E-state index in [0.29, 0.717) is 12.6 Å². The minimum atomic E-state index is 0.696. The molecule has 5 nitrogen and oxygen atoms in total. The first-order chi connectivity index (χ1) is 9.24. The Kier molecular flexibility index (Phi) is 5.10. The predicted octanol–water partition coefficient (Wildman–Crippen LogP) is 1.51. The van der Waals surface area contributed by atoms with Crippen LogP contribution in [0.3, 0.4) is 0 Å². The molecule has 1 aliphatic carbocycles. The molecule has 0 atom stereocenters. The second-order valence-electron chi connectivity index (χ2n) is 5.01. The molecule has 0 unspecified atom stereocenters. The third-order valence-electron chi connectivity index (χ3n) is 3.46. The third kappa shape index (κ3) is 4.14. The van der Waals surface area contributed by atoms with E-state index in [1.165, 1.54) is 18.4 Å². The molecule has 2 rings (SSSR count). The minimum Gasteiger partial charge on any atom is -0.383 e. The number of anilines is 1. The molecule has 1 heterocycles. The van der Waals surface area contributed by atoms with Crippen molar-refractivity contribution in [3.8, 4) is 0 Å². The van der Waals surface area contributed by atoms with Gasteiger partial charge in [0.15, 0.2) is 0 Å². The Balaban J connectivity index is 1.98. The van der Waals surface area contributed by atoms with Crippen LogP contribution >= 0.6 is 0 Å². The molecule has 1 aromatic rings. The number of hydrogen-bond acceptors (Lipinski definition) is 5. The molecule has 0 spiro atoms. The Labute approximate surface area is 115 Å². The van der Waals surface area contributed by atoms with Gasteiger partial charge in [0.05, 0.1) is 6.61 Å². The number of ether oxygens (including phenoxy) is 1. The van der Waals surface area contributed by atoms with Crippen molar-refractivity contribution in [1.29, 1.82) is 0 Å². The van der Waals surface area contributed by atoms with Gasteiger partial charge in [-0.3, -0.25) is 0 Å². The van der Waals surface area contributed by atoms with Crippen molar-refractivity contribution in [3.05, 3.63) is 17.5 Å². The van der Waals surface area contributed by atoms with Gasteiger partial charge >= 0.3 is 0 Å². The van der Waals surface area contributed by atoms with Gasteiger partial charge in [0, 0.05) is 50.2 Å². The highest BCUT2D eigenvalue weighted by Crippen LogP contribution is 2.20. The number of nitrogens with one attached hydrogen (secondary N) is 1. The summed E-state index contributed by atoms with van der Waals surface area (Å²) in [4.78, 5) is 11.2. The lowest BCUT2D eigenvalue weighted by atomic mass is 10.2. The van der Waals surface area contributed by atoms with Crippen LogP contribution < -0.4 is 10.2 Å². The highest BCUT2D eigenvalue weighted by atomic mass is 16.5. The van der Waals surface area contributed by atoms with E-state index in [0.717, 1.165) is 31.3 Å². The summed E-state index contributed by atoms with van der Waals surface area (Å²) in [7, 11) is 1.71. The summed E-state index contributed by atoms with van der Waals surface area (Å²) in [6, 6.07) is 0.716. The van der Waals surface area contributed by atoms with Crippen molar-refractivity contribution < 1.29 is 4.74 Å². The number of likely N-dealkylation sites (N-methyl/N-ethyl adjacent to an activating group) is 1. The quantitative estimate of drug-likeness (QED) is 0.771. The van der Waals surface area contributed by atoms with Crippen LogP contribution in [0.25, 0.3) is 0 Å². The van der Waals surface area contributed by atoms with Crippen molar-refractivity contribution in [3.63, 3.8) is 0 Å². The average Bonchev–Trinajstić information content (AvgIpc) is 3.23. The van der Waals surface area contributed by atoms with Gasteiger partial charge in [-0.2, -0.15) is 0 Å². The standard InChI is InChI=1S/C14H24N4O/c1-4-18(7-8-19-3)14-16-10-12(11(2)17-14)9-15-13-5-6-13/h10,13,15H,4-9H2,1-3H3. The highest BCUT2D eigenvalue weighted by molar-refractivity contribution is 5.32. The van der Waals surface area contributed by atoms with Gasteiger partial charge in [-0.25, -0.2) is 9.97 Å². The molecule has 1 saturated carbocycles. The first-order valence-electron chi connectivity index (χ1n) is 7.04. The van der Waals surface area contributed by atoms with Crippen molar-refractivity contribution in [1.82, 2.24) is 15.3 Å². The van der Waals surface area contributed by atoms with Gasteiger partial charge in [0.1, 0.15) is 0 Å². The lowest BCUT2D eigenvalue weighted by molar-refractivity contribution is 0.205. The van der Waals surface area contributed by atoms with Crippen LogP contribution in [-0.2, 0) is 11.3 Å². The van der Waals surface area contributed by atoms with Crippen LogP contribution in [0.15, 0.2) is 6.20 Å². The SMILES string of the molecule is CCN(CCOC)c1ncc(CNC2CC2)c(C)n1. The third-order valence-corrected chi connectivity index (χ3v) is 3.46. The van der Waals surface area contributed by atoms with Crippen molar-refractivity contribution >= 4 is 5.95 Å². The maximum atomic E-state index is 5.11. The summed E-state index contributed by atoms with van der Waals surface area (Å²) in [5, 5.41) is 3.50. The Hall–Kier alpha value is -1.20. The van der Waals surface area contributed by atoms with Crippen LogP contribution in [0.5, 0.6) is 0 Å². The number of rotatable bonds is 8. The second kappa shape index (κ2) is 6.82. The summed E-state index contributed by atoms with van der Waals surface area (Å²) in [6.45, 7) is 7.45. The van der Waals surface area contributed by atoms with Crippen molar-refractivity contribution in [2.24, 2.45) is 0 Å². The summed E-state index contributed by atoms with van der Waals surface area (Å²) in [6.07, 6.45) is 4.56. The average molecular weight is 264 g/mol. The molecule has 1 aliphatic rings.